The lowest BCUT2D eigenvalue weighted by Gasteiger charge is -2.20. The second kappa shape index (κ2) is 8.11. The van der Waals surface area contributed by atoms with E-state index >= 15 is 0 Å². The maximum Gasteiger partial charge on any atom is 0.303 e. The Morgan fingerprint density at radius 3 is 2.50 bits per heavy atom. The molecule has 0 radical (unpaired) electrons. The third kappa shape index (κ3) is 6.03. The van der Waals surface area contributed by atoms with E-state index in [1.165, 1.54) is 5.56 Å². The number of carbonyl (C=O) groups is 1. The van der Waals surface area contributed by atoms with Crippen molar-refractivity contribution in [1.82, 2.24) is 4.90 Å². The van der Waals surface area contributed by atoms with Gasteiger partial charge in [-0.15, -0.1) is 0 Å². The van der Waals surface area contributed by atoms with Crippen LogP contribution in [0.3, 0.4) is 0 Å². The van der Waals surface area contributed by atoms with Crippen molar-refractivity contribution in [2.45, 2.75) is 32.7 Å². The minimum absolute atomic E-state index is 0.262. The molecule has 0 unspecified atom stereocenters. The van der Waals surface area contributed by atoms with Gasteiger partial charge < -0.3 is 5.11 Å². The number of rotatable bonds is 8. The highest BCUT2D eigenvalue weighted by Gasteiger charge is 2.04. The summed E-state index contributed by atoms with van der Waals surface area (Å²) in [4.78, 5) is 12.7. The topological polar surface area (TPSA) is 40.5 Å². The first kappa shape index (κ1) is 15.0. The van der Waals surface area contributed by atoms with E-state index in [1.807, 2.05) is 24.3 Å². The zero-order chi connectivity index (χ0) is 13.4. The molecule has 0 aliphatic heterocycles. The molecule has 3 nitrogen and oxygen atoms in total. The minimum atomic E-state index is -0.712. The van der Waals surface area contributed by atoms with Crippen molar-refractivity contribution >= 4 is 17.6 Å². The van der Waals surface area contributed by atoms with Crippen molar-refractivity contribution in [3.05, 3.63) is 34.9 Å². The molecule has 0 aliphatic rings. The van der Waals surface area contributed by atoms with Crippen LogP contribution in [0.5, 0.6) is 0 Å². The molecule has 0 amide bonds. The van der Waals surface area contributed by atoms with Gasteiger partial charge in [-0.3, -0.25) is 9.69 Å². The number of unbranched alkanes of at least 4 members (excludes halogenated alkanes) is 1. The Morgan fingerprint density at radius 2 is 1.94 bits per heavy atom. The summed E-state index contributed by atoms with van der Waals surface area (Å²) in [5.74, 6) is -0.712. The highest BCUT2D eigenvalue weighted by Crippen LogP contribution is 2.12. The molecule has 1 N–H and O–H groups in total. The van der Waals surface area contributed by atoms with Crippen molar-refractivity contribution in [3.8, 4) is 0 Å². The Kier molecular flexibility index (Phi) is 6.76. The fourth-order valence-corrected chi connectivity index (χ4v) is 1.93. The van der Waals surface area contributed by atoms with Gasteiger partial charge in [0, 0.05) is 18.0 Å². The first-order chi connectivity index (χ1) is 8.61. The first-order valence-corrected chi connectivity index (χ1v) is 6.68. The Morgan fingerprint density at radius 1 is 1.28 bits per heavy atom. The summed E-state index contributed by atoms with van der Waals surface area (Å²) >= 11 is 5.84. The second-order valence-corrected chi connectivity index (χ2v) is 4.78. The van der Waals surface area contributed by atoms with Crippen LogP contribution in [-0.2, 0) is 11.3 Å². The lowest BCUT2D eigenvalue weighted by atomic mass is 10.2. The second-order valence-electron chi connectivity index (χ2n) is 4.35. The van der Waals surface area contributed by atoms with Crippen LogP contribution in [0.2, 0.25) is 5.02 Å². The molecule has 0 heterocycles. The maximum atomic E-state index is 10.4. The van der Waals surface area contributed by atoms with Gasteiger partial charge in [-0.2, -0.15) is 0 Å². The normalized spacial score (nSPS) is 10.8. The summed E-state index contributed by atoms with van der Waals surface area (Å²) in [5.41, 5.74) is 1.24. The number of carboxylic acids is 1. The van der Waals surface area contributed by atoms with E-state index in [4.69, 9.17) is 16.7 Å². The molecule has 0 aliphatic carbocycles. The Balaban J connectivity index is 2.32. The van der Waals surface area contributed by atoms with E-state index in [9.17, 15) is 4.79 Å². The molecular weight excluding hydrogens is 250 g/mol. The molecule has 4 heteroatoms. The van der Waals surface area contributed by atoms with Crippen molar-refractivity contribution in [2.75, 3.05) is 13.1 Å². The average Bonchev–Trinajstić information content (AvgIpc) is 2.35. The predicted molar refractivity (Wildman–Crippen MR) is 73.9 cm³/mol. The standard InChI is InChI=1S/C14H20ClNO2/c1-2-16(10-4-3-5-14(17)18)11-12-6-8-13(15)9-7-12/h6-9H,2-5,10-11H2,1H3,(H,17,18). The van der Waals surface area contributed by atoms with Gasteiger partial charge in [-0.05, 0) is 43.6 Å². The molecule has 0 saturated heterocycles. The van der Waals surface area contributed by atoms with E-state index in [2.05, 4.69) is 11.8 Å². The molecule has 100 valence electrons. The first-order valence-electron chi connectivity index (χ1n) is 6.30. The number of benzene rings is 1. The van der Waals surface area contributed by atoms with E-state index in [0.29, 0.717) is 0 Å². The van der Waals surface area contributed by atoms with Gasteiger partial charge in [-0.25, -0.2) is 0 Å². The Labute approximate surface area is 113 Å². The smallest absolute Gasteiger partial charge is 0.303 e. The van der Waals surface area contributed by atoms with Gasteiger partial charge in [0.1, 0.15) is 0 Å². The monoisotopic (exact) mass is 269 g/mol. The van der Waals surface area contributed by atoms with Gasteiger partial charge in [0.2, 0.25) is 0 Å². The average molecular weight is 270 g/mol. The number of carboxylic acid groups (broad SMARTS) is 1. The molecule has 1 rings (SSSR count). The fourth-order valence-electron chi connectivity index (χ4n) is 1.81. The van der Waals surface area contributed by atoms with Crippen molar-refractivity contribution in [3.63, 3.8) is 0 Å². The molecular formula is C14H20ClNO2. The number of hydrogen-bond donors (Lipinski definition) is 1. The van der Waals surface area contributed by atoms with E-state index in [0.717, 1.165) is 37.5 Å². The molecule has 0 atom stereocenters. The lowest BCUT2D eigenvalue weighted by molar-refractivity contribution is -0.137. The third-order valence-corrected chi connectivity index (χ3v) is 3.13. The van der Waals surface area contributed by atoms with Gasteiger partial charge in [0.25, 0.3) is 0 Å². The molecule has 0 bridgehead atoms. The van der Waals surface area contributed by atoms with Crippen LogP contribution in [0, 0.1) is 0 Å². The van der Waals surface area contributed by atoms with Crippen LogP contribution in [0.4, 0.5) is 0 Å². The minimum Gasteiger partial charge on any atom is -0.481 e. The number of halogens is 1. The largest absolute Gasteiger partial charge is 0.481 e. The van der Waals surface area contributed by atoms with Crippen LogP contribution in [-0.4, -0.2) is 29.1 Å². The quantitative estimate of drug-likeness (QED) is 0.735. The summed E-state index contributed by atoms with van der Waals surface area (Å²) < 4.78 is 0. The summed E-state index contributed by atoms with van der Waals surface area (Å²) in [6.45, 7) is 4.91. The molecule has 0 spiro atoms. The van der Waals surface area contributed by atoms with Gasteiger partial charge >= 0.3 is 5.97 Å². The van der Waals surface area contributed by atoms with Gasteiger partial charge in [0.15, 0.2) is 0 Å². The lowest BCUT2D eigenvalue weighted by Crippen LogP contribution is -2.24. The van der Waals surface area contributed by atoms with Gasteiger partial charge in [-0.1, -0.05) is 30.7 Å². The van der Waals surface area contributed by atoms with E-state index in [1.54, 1.807) is 0 Å². The van der Waals surface area contributed by atoms with E-state index < -0.39 is 5.97 Å². The Hall–Kier alpha value is -1.06. The van der Waals surface area contributed by atoms with Crippen LogP contribution in [0.15, 0.2) is 24.3 Å². The zero-order valence-corrected chi connectivity index (χ0v) is 11.5. The van der Waals surface area contributed by atoms with Crippen LogP contribution in [0.1, 0.15) is 31.7 Å². The number of hydrogen-bond acceptors (Lipinski definition) is 2. The highest BCUT2D eigenvalue weighted by molar-refractivity contribution is 6.30. The summed E-state index contributed by atoms with van der Waals surface area (Å²) in [6.07, 6.45) is 1.93. The molecule has 1 aromatic carbocycles. The molecule has 1 aromatic rings. The van der Waals surface area contributed by atoms with E-state index in [-0.39, 0.29) is 6.42 Å². The van der Waals surface area contributed by atoms with Crippen LogP contribution >= 0.6 is 11.6 Å². The summed E-state index contributed by atoms with van der Waals surface area (Å²) in [5, 5.41) is 9.32. The van der Waals surface area contributed by atoms with Crippen molar-refractivity contribution < 1.29 is 9.90 Å². The fraction of sp³-hybridized carbons (Fsp3) is 0.500. The molecule has 0 saturated carbocycles. The summed E-state index contributed by atoms with van der Waals surface area (Å²) in [6, 6.07) is 7.86. The zero-order valence-electron chi connectivity index (χ0n) is 10.7. The van der Waals surface area contributed by atoms with Crippen LogP contribution < -0.4 is 0 Å². The SMILES string of the molecule is CCN(CCCCC(=O)O)Cc1ccc(Cl)cc1. The maximum absolute atomic E-state index is 10.4. The third-order valence-electron chi connectivity index (χ3n) is 2.88. The Bertz CT molecular complexity index is 365. The predicted octanol–water partition coefficient (Wildman–Crippen LogP) is 3.42. The number of aliphatic carboxylic acids is 1. The molecule has 0 fully saturated rings. The van der Waals surface area contributed by atoms with Crippen molar-refractivity contribution in [2.24, 2.45) is 0 Å². The van der Waals surface area contributed by atoms with Crippen molar-refractivity contribution in [1.29, 1.82) is 0 Å². The van der Waals surface area contributed by atoms with Gasteiger partial charge in [0.05, 0.1) is 0 Å². The highest BCUT2D eigenvalue weighted by atomic mass is 35.5. The molecule has 0 aromatic heterocycles. The number of nitrogens with zero attached hydrogens (tertiary/aromatic N) is 1. The van der Waals surface area contributed by atoms with Crippen LogP contribution in [0.25, 0.3) is 0 Å². The molecule has 18 heavy (non-hydrogen) atoms. The summed E-state index contributed by atoms with van der Waals surface area (Å²) in [7, 11) is 0.